The summed E-state index contributed by atoms with van der Waals surface area (Å²) in [5, 5.41) is 2.44. The summed E-state index contributed by atoms with van der Waals surface area (Å²) < 4.78 is 56.3. The first-order valence-electron chi connectivity index (χ1n) is 8.47. The molecule has 2 rings (SSSR count). The summed E-state index contributed by atoms with van der Waals surface area (Å²) in [6, 6.07) is 13.4. The molecule has 0 saturated heterocycles. The molecule has 0 saturated carbocycles. The number of amides is 1. The fourth-order valence-electron chi connectivity index (χ4n) is 2.25. The molecule has 0 aliphatic heterocycles. The van der Waals surface area contributed by atoms with Crippen molar-refractivity contribution in [3.63, 3.8) is 0 Å². The molecule has 0 radical (unpaired) electrons. The molecule has 0 unspecified atom stereocenters. The van der Waals surface area contributed by atoms with Gasteiger partial charge in [0, 0.05) is 29.2 Å². The molecule has 2 aromatic rings. The average molecular weight is 489 g/mol. The van der Waals surface area contributed by atoms with E-state index >= 15 is 0 Å². The number of halogens is 3. The van der Waals surface area contributed by atoms with E-state index in [9.17, 15) is 22.0 Å². The molecule has 0 aliphatic carbocycles. The molecule has 0 aromatic heterocycles. The topological polar surface area (TPSA) is 84.5 Å². The van der Waals surface area contributed by atoms with E-state index in [-0.39, 0.29) is 30.2 Å². The van der Waals surface area contributed by atoms with Crippen LogP contribution in [-0.2, 0) is 21.4 Å². The van der Waals surface area contributed by atoms with E-state index in [0.717, 1.165) is 11.6 Å². The van der Waals surface area contributed by atoms with Crippen LogP contribution in [0.4, 0.5) is 8.78 Å². The van der Waals surface area contributed by atoms with E-state index in [2.05, 4.69) is 30.7 Å². The van der Waals surface area contributed by atoms with Crippen LogP contribution in [0.25, 0.3) is 6.08 Å². The van der Waals surface area contributed by atoms with Crippen LogP contribution < -0.4 is 14.8 Å². The van der Waals surface area contributed by atoms with Gasteiger partial charge in [-0.1, -0.05) is 46.3 Å². The Labute approximate surface area is 176 Å². The minimum absolute atomic E-state index is 0.0834. The first-order chi connectivity index (χ1) is 13.7. The SMILES string of the molecule is O=C(C=Cc1cc(Br)ccc1OC(F)F)NCCS(=O)(=O)NCc1ccccc1. The van der Waals surface area contributed by atoms with Gasteiger partial charge in [0.05, 0.1) is 5.75 Å². The van der Waals surface area contributed by atoms with Gasteiger partial charge in [-0.2, -0.15) is 8.78 Å². The van der Waals surface area contributed by atoms with Crippen LogP contribution in [0.1, 0.15) is 11.1 Å². The minimum Gasteiger partial charge on any atom is -0.434 e. The molecule has 10 heteroatoms. The number of ether oxygens (including phenoxy) is 1. The van der Waals surface area contributed by atoms with E-state index in [4.69, 9.17) is 0 Å². The van der Waals surface area contributed by atoms with Crippen LogP contribution in [0.5, 0.6) is 5.75 Å². The Balaban J connectivity index is 1.84. The molecule has 2 N–H and O–H groups in total. The van der Waals surface area contributed by atoms with Gasteiger partial charge in [-0.25, -0.2) is 13.1 Å². The van der Waals surface area contributed by atoms with Gasteiger partial charge in [-0.15, -0.1) is 0 Å². The molecule has 0 bridgehead atoms. The highest BCUT2D eigenvalue weighted by Gasteiger charge is 2.11. The fourth-order valence-corrected chi connectivity index (χ4v) is 3.53. The molecule has 156 valence electrons. The highest BCUT2D eigenvalue weighted by Crippen LogP contribution is 2.25. The first-order valence-corrected chi connectivity index (χ1v) is 10.9. The number of sulfonamides is 1. The van der Waals surface area contributed by atoms with Crippen molar-refractivity contribution in [1.29, 1.82) is 0 Å². The van der Waals surface area contributed by atoms with E-state index in [0.29, 0.717) is 4.47 Å². The third kappa shape index (κ3) is 8.71. The smallest absolute Gasteiger partial charge is 0.387 e. The number of carbonyl (C=O) groups excluding carboxylic acids is 1. The third-order valence-electron chi connectivity index (χ3n) is 3.61. The second-order valence-electron chi connectivity index (χ2n) is 5.81. The summed E-state index contributed by atoms with van der Waals surface area (Å²) in [4.78, 5) is 11.9. The standard InChI is InChI=1S/C19H19BrF2N2O4S/c20-16-7-8-17(28-19(21)22)15(12-16)6-9-18(25)23-10-11-29(26,27)24-13-14-4-2-1-3-5-14/h1-9,12,19,24H,10-11,13H2,(H,23,25). The van der Waals surface area contributed by atoms with E-state index in [1.54, 1.807) is 24.3 Å². The zero-order chi connectivity index (χ0) is 21.3. The maximum absolute atomic E-state index is 12.4. The Morgan fingerprint density at radius 2 is 1.90 bits per heavy atom. The lowest BCUT2D eigenvalue weighted by atomic mass is 10.2. The van der Waals surface area contributed by atoms with Crippen molar-refractivity contribution in [2.24, 2.45) is 0 Å². The molecule has 0 spiro atoms. The monoisotopic (exact) mass is 488 g/mol. The zero-order valence-corrected chi connectivity index (χ0v) is 17.5. The largest absolute Gasteiger partial charge is 0.434 e. The van der Waals surface area contributed by atoms with Crippen molar-refractivity contribution < 1.29 is 26.7 Å². The average Bonchev–Trinajstić information content (AvgIpc) is 2.67. The lowest BCUT2D eigenvalue weighted by Crippen LogP contribution is -2.33. The summed E-state index contributed by atoms with van der Waals surface area (Å²) in [5.41, 5.74) is 1.09. The van der Waals surface area contributed by atoms with Crippen LogP contribution in [0.3, 0.4) is 0 Å². The number of nitrogens with one attached hydrogen (secondary N) is 2. The van der Waals surface area contributed by atoms with Gasteiger partial charge < -0.3 is 10.1 Å². The Morgan fingerprint density at radius 1 is 1.17 bits per heavy atom. The van der Waals surface area contributed by atoms with Gasteiger partial charge in [0.15, 0.2) is 0 Å². The molecular weight excluding hydrogens is 470 g/mol. The van der Waals surface area contributed by atoms with Crippen molar-refractivity contribution in [3.05, 3.63) is 70.2 Å². The number of rotatable bonds is 10. The van der Waals surface area contributed by atoms with E-state index in [1.165, 1.54) is 24.3 Å². The number of benzene rings is 2. The zero-order valence-electron chi connectivity index (χ0n) is 15.1. The van der Waals surface area contributed by atoms with Crippen LogP contribution in [0.15, 0.2) is 59.1 Å². The van der Waals surface area contributed by atoms with Crippen molar-refractivity contribution in [1.82, 2.24) is 10.0 Å². The lowest BCUT2D eigenvalue weighted by Gasteiger charge is -2.09. The van der Waals surface area contributed by atoms with Gasteiger partial charge in [0.25, 0.3) is 0 Å². The maximum atomic E-state index is 12.4. The predicted octanol–water partition coefficient (Wildman–Crippen LogP) is 3.30. The van der Waals surface area contributed by atoms with Gasteiger partial charge in [-0.05, 0) is 29.8 Å². The van der Waals surface area contributed by atoms with Crippen molar-refractivity contribution in [3.8, 4) is 5.75 Å². The van der Waals surface area contributed by atoms with Crippen LogP contribution >= 0.6 is 15.9 Å². The second kappa shape index (κ2) is 11.0. The molecule has 2 aromatic carbocycles. The Morgan fingerprint density at radius 3 is 2.59 bits per heavy atom. The molecule has 0 aliphatic rings. The van der Waals surface area contributed by atoms with Gasteiger partial charge >= 0.3 is 6.61 Å². The van der Waals surface area contributed by atoms with Gasteiger partial charge in [-0.3, -0.25) is 4.79 Å². The van der Waals surface area contributed by atoms with Crippen molar-refractivity contribution >= 4 is 37.9 Å². The van der Waals surface area contributed by atoms with Crippen molar-refractivity contribution in [2.75, 3.05) is 12.3 Å². The van der Waals surface area contributed by atoms with E-state index < -0.39 is 22.5 Å². The Hall–Kier alpha value is -2.30. The first kappa shape index (κ1) is 23.0. The third-order valence-corrected chi connectivity index (χ3v) is 5.43. The Kier molecular flexibility index (Phi) is 8.74. The summed E-state index contributed by atoms with van der Waals surface area (Å²) in [7, 11) is -3.57. The predicted molar refractivity (Wildman–Crippen MR) is 110 cm³/mol. The summed E-state index contributed by atoms with van der Waals surface area (Å²) in [6.45, 7) is -2.94. The molecule has 0 heterocycles. The van der Waals surface area contributed by atoms with Crippen LogP contribution in [0.2, 0.25) is 0 Å². The highest BCUT2D eigenvalue weighted by atomic mass is 79.9. The molecule has 6 nitrogen and oxygen atoms in total. The number of hydrogen-bond acceptors (Lipinski definition) is 4. The van der Waals surface area contributed by atoms with Crippen LogP contribution in [-0.4, -0.2) is 33.2 Å². The Bertz CT molecular complexity index is 954. The molecule has 0 atom stereocenters. The highest BCUT2D eigenvalue weighted by molar-refractivity contribution is 9.10. The number of alkyl halides is 2. The van der Waals surface area contributed by atoms with Crippen LogP contribution in [0, 0.1) is 0 Å². The second-order valence-corrected chi connectivity index (χ2v) is 8.65. The fraction of sp³-hybridized carbons (Fsp3) is 0.211. The number of hydrogen-bond donors (Lipinski definition) is 2. The number of carbonyl (C=O) groups is 1. The summed E-state index contributed by atoms with van der Waals surface area (Å²) >= 11 is 3.21. The van der Waals surface area contributed by atoms with E-state index in [1.807, 2.05) is 6.07 Å². The van der Waals surface area contributed by atoms with Gasteiger partial charge in [0.1, 0.15) is 5.75 Å². The summed E-state index contributed by atoms with van der Waals surface area (Å²) in [6.07, 6.45) is 2.42. The quantitative estimate of drug-likeness (QED) is 0.502. The minimum atomic E-state index is -3.57. The normalized spacial score (nSPS) is 11.7. The summed E-state index contributed by atoms with van der Waals surface area (Å²) in [5.74, 6) is -0.943. The lowest BCUT2D eigenvalue weighted by molar-refractivity contribution is -0.116. The maximum Gasteiger partial charge on any atom is 0.387 e. The molecule has 0 fully saturated rings. The van der Waals surface area contributed by atoms with Crippen molar-refractivity contribution in [2.45, 2.75) is 13.2 Å². The molecule has 29 heavy (non-hydrogen) atoms. The molecule has 1 amide bonds. The molecular formula is C19H19BrF2N2O4S. The van der Waals surface area contributed by atoms with Gasteiger partial charge in [0.2, 0.25) is 15.9 Å².